The van der Waals surface area contributed by atoms with Crippen molar-refractivity contribution < 1.29 is 32.4 Å². The minimum Gasteiger partial charge on any atom is -0.490 e. The number of nitrogen functional groups attached to an aromatic ring is 1. The van der Waals surface area contributed by atoms with Gasteiger partial charge in [0.1, 0.15) is 11.0 Å². The highest BCUT2D eigenvalue weighted by molar-refractivity contribution is 5.95. The molecular weight excluding hydrogens is 483 g/mol. The highest BCUT2D eigenvalue weighted by atomic mass is 19.4. The van der Waals surface area contributed by atoms with E-state index in [0.717, 1.165) is 35.3 Å². The fourth-order valence-electron chi connectivity index (χ4n) is 3.30. The number of aryl methyl sites for hydroxylation is 1. The van der Waals surface area contributed by atoms with Crippen molar-refractivity contribution in [1.29, 1.82) is 0 Å². The van der Waals surface area contributed by atoms with Crippen LogP contribution < -0.4 is 15.8 Å². The molecule has 4 N–H and O–H groups in total. The van der Waals surface area contributed by atoms with E-state index in [1.165, 1.54) is 0 Å². The summed E-state index contributed by atoms with van der Waals surface area (Å²) in [5.74, 6) is -1.31. The van der Waals surface area contributed by atoms with E-state index in [1.54, 1.807) is 6.20 Å². The Kier molecular flexibility index (Phi) is 8.42. The van der Waals surface area contributed by atoms with Crippen molar-refractivity contribution in [3.8, 4) is 28.5 Å². The number of carbonyl (C=O) groups is 1. The molecule has 0 saturated heterocycles. The molecule has 1 aromatic carbocycles. The third-order valence-electron chi connectivity index (χ3n) is 4.90. The van der Waals surface area contributed by atoms with Gasteiger partial charge >= 0.3 is 12.1 Å². The number of aromatic nitrogens is 5. The number of alkyl halides is 3. The van der Waals surface area contributed by atoms with E-state index in [9.17, 15) is 13.2 Å². The average molecular weight is 507 g/mol. The zero-order valence-corrected chi connectivity index (χ0v) is 19.4. The molecule has 11 nitrogen and oxygen atoms in total. The van der Waals surface area contributed by atoms with Crippen LogP contribution in [0.1, 0.15) is 13.3 Å². The first-order chi connectivity index (χ1) is 17.2. The fraction of sp³-hybridized carbons (Fsp3) is 0.318. The highest BCUT2D eigenvalue weighted by Gasteiger charge is 2.38. The number of nitrogens with one attached hydrogen (secondary N) is 1. The Morgan fingerprint density at radius 3 is 2.47 bits per heavy atom. The molecule has 0 unspecified atom stereocenters. The minimum absolute atomic E-state index is 0.195. The quantitative estimate of drug-likeness (QED) is 0.302. The lowest BCUT2D eigenvalue weighted by Gasteiger charge is -2.11. The molecule has 0 aliphatic rings. The Morgan fingerprint density at radius 2 is 1.92 bits per heavy atom. The van der Waals surface area contributed by atoms with Crippen molar-refractivity contribution >= 4 is 22.8 Å². The summed E-state index contributed by atoms with van der Waals surface area (Å²) in [5.41, 5.74) is 9.66. The van der Waals surface area contributed by atoms with Gasteiger partial charge in [0.2, 0.25) is 0 Å². The topological polar surface area (TPSA) is 154 Å². The Hall–Kier alpha value is -4.20. The van der Waals surface area contributed by atoms with Gasteiger partial charge in [0.25, 0.3) is 0 Å². The number of carboxylic acid groups (broad SMARTS) is 1. The first-order valence-electron chi connectivity index (χ1n) is 10.8. The van der Waals surface area contributed by atoms with Crippen LogP contribution in [0.15, 0.2) is 41.2 Å². The number of hydrogen-bond donors (Lipinski definition) is 3. The summed E-state index contributed by atoms with van der Waals surface area (Å²) in [5, 5.41) is 17.9. The Labute approximate surface area is 203 Å². The van der Waals surface area contributed by atoms with Gasteiger partial charge in [0.15, 0.2) is 23.1 Å². The zero-order valence-electron chi connectivity index (χ0n) is 19.4. The third-order valence-corrected chi connectivity index (χ3v) is 4.90. The van der Waals surface area contributed by atoms with Gasteiger partial charge < -0.3 is 25.5 Å². The van der Waals surface area contributed by atoms with Gasteiger partial charge in [0, 0.05) is 12.1 Å². The van der Waals surface area contributed by atoms with Gasteiger partial charge in [-0.05, 0) is 37.3 Å². The maximum atomic E-state index is 10.6. The minimum atomic E-state index is -5.08. The zero-order chi connectivity index (χ0) is 26.3. The molecule has 4 rings (SSSR count). The molecule has 0 saturated carbocycles. The van der Waals surface area contributed by atoms with Crippen molar-refractivity contribution in [2.45, 2.75) is 26.1 Å². The van der Waals surface area contributed by atoms with Crippen LogP contribution in [0.5, 0.6) is 5.75 Å². The number of nitrogens with two attached hydrogens (primary N) is 1. The van der Waals surface area contributed by atoms with Crippen molar-refractivity contribution in [3.05, 3.63) is 36.5 Å². The first-order valence-corrected chi connectivity index (χ1v) is 10.8. The lowest BCUT2D eigenvalue weighted by Crippen LogP contribution is -2.21. The number of imidazole rings is 1. The van der Waals surface area contributed by atoms with Gasteiger partial charge in [-0.15, -0.1) is 0 Å². The SMILES string of the molecule is CCn1c(-c2nonc2N)nc2c(-c3ccccc3)ncc(OCCCNC)c21.O=C(O)C(F)(F)F. The van der Waals surface area contributed by atoms with E-state index in [4.69, 9.17) is 30.0 Å². The van der Waals surface area contributed by atoms with E-state index >= 15 is 0 Å². The van der Waals surface area contributed by atoms with Crippen LogP contribution in [-0.4, -0.2) is 62.3 Å². The van der Waals surface area contributed by atoms with Crippen molar-refractivity contribution in [2.75, 3.05) is 25.9 Å². The summed E-state index contributed by atoms with van der Waals surface area (Å²) in [6, 6.07) is 9.93. The molecule has 0 spiro atoms. The van der Waals surface area contributed by atoms with E-state index in [1.807, 2.05) is 48.9 Å². The number of rotatable bonds is 8. The monoisotopic (exact) mass is 507 g/mol. The lowest BCUT2D eigenvalue weighted by molar-refractivity contribution is -0.192. The van der Waals surface area contributed by atoms with Crippen molar-refractivity contribution in [2.24, 2.45) is 0 Å². The van der Waals surface area contributed by atoms with Gasteiger partial charge in [-0.25, -0.2) is 19.4 Å². The summed E-state index contributed by atoms with van der Waals surface area (Å²) in [4.78, 5) is 18.4. The summed E-state index contributed by atoms with van der Waals surface area (Å²) in [7, 11) is 1.92. The number of nitrogens with zero attached hydrogens (tertiary/aromatic N) is 5. The predicted molar refractivity (Wildman–Crippen MR) is 124 cm³/mol. The molecule has 0 bridgehead atoms. The Bertz CT molecular complexity index is 1310. The van der Waals surface area contributed by atoms with Crippen LogP contribution in [0.4, 0.5) is 19.0 Å². The molecule has 0 aliphatic carbocycles. The number of fused-ring (bicyclic) bond motifs is 1. The van der Waals surface area contributed by atoms with E-state index in [2.05, 4.69) is 20.6 Å². The Morgan fingerprint density at radius 1 is 1.22 bits per heavy atom. The Balaban J connectivity index is 0.000000454. The van der Waals surface area contributed by atoms with E-state index in [0.29, 0.717) is 30.4 Å². The smallest absolute Gasteiger partial charge is 0.490 e. The predicted octanol–water partition coefficient (Wildman–Crippen LogP) is 3.37. The molecule has 4 aromatic rings. The van der Waals surface area contributed by atoms with Crippen LogP contribution in [0.3, 0.4) is 0 Å². The van der Waals surface area contributed by atoms with E-state index in [-0.39, 0.29) is 5.82 Å². The van der Waals surface area contributed by atoms with E-state index < -0.39 is 12.1 Å². The third kappa shape index (κ3) is 5.89. The summed E-state index contributed by atoms with van der Waals surface area (Å²) in [6.07, 6.45) is -2.45. The molecule has 3 aromatic heterocycles. The van der Waals surface area contributed by atoms with Crippen LogP contribution in [0.2, 0.25) is 0 Å². The highest BCUT2D eigenvalue weighted by Crippen LogP contribution is 2.36. The maximum absolute atomic E-state index is 10.6. The number of anilines is 1. The van der Waals surface area contributed by atoms with Gasteiger partial charge in [0.05, 0.1) is 18.5 Å². The molecule has 0 amide bonds. The second-order valence-electron chi connectivity index (χ2n) is 7.32. The second-order valence-corrected chi connectivity index (χ2v) is 7.32. The summed E-state index contributed by atoms with van der Waals surface area (Å²) >= 11 is 0. The molecule has 0 atom stereocenters. The van der Waals surface area contributed by atoms with Gasteiger partial charge in [-0.2, -0.15) is 13.2 Å². The van der Waals surface area contributed by atoms with Crippen LogP contribution >= 0.6 is 0 Å². The molecule has 14 heteroatoms. The van der Waals surface area contributed by atoms with Crippen LogP contribution in [0, 0.1) is 0 Å². The number of benzene rings is 1. The molecule has 3 heterocycles. The van der Waals surface area contributed by atoms with Gasteiger partial charge in [-0.1, -0.05) is 30.3 Å². The summed E-state index contributed by atoms with van der Waals surface area (Å²) < 4.78 is 44.6. The average Bonchev–Trinajstić information content (AvgIpc) is 3.45. The summed E-state index contributed by atoms with van der Waals surface area (Å²) in [6.45, 7) is 4.11. The molecule has 0 fully saturated rings. The van der Waals surface area contributed by atoms with Crippen molar-refractivity contribution in [1.82, 2.24) is 30.2 Å². The normalized spacial score (nSPS) is 11.2. The van der Waals surface area contributed by atoms with Crippen LogP contribution in [-0.2, 0) is 11.3 Å². The standard InChI is InChI=1S/C20H23N7O2.C2HF3O2/c1-3-27-18-14(28-11-7-10-22-2)12-23-15(13-8-5-4-6-9-13)16(18)24-20(27)17-19(21)26-29-25-17;3-2(4,5)1(6)7/h4-6,8-9,12,22H,3,7,10-11H2,1-2H3,(H2,21,26);(H,6,7). The van der Waals surface area contributed by atoms with Crippen molar-refractivity contribution in [3.63, 3.8) is 0 Å². The molecule has 192 valence electrons. The second kappa shape index (κ2) is 11.5. The first kappa shape index (κ1) is 26.4. The molecule has 36 heavy (non-hydrogen) atoms. The molecule has 0 radical (unpaired) electrons. The fourth-order valence-corrected chi connectivity index (χ4v) is 3.30. The molecular formula is C22H24F3N7O4. The number of halogens is 3. The number of pyridine rings is 1. The number of aliphatic carboxylic acids is 1. The largest absolute Gasteiger partial charge is 0.490 e. The number of carboxylic acids is 1. The number of hydrogen-bond acceptors (Lipinski definition) is 9. The lowest BCUT2D eigenvalue weighted by atomic mass is 10.1. The van der Waals surface area contributed by atoms with Gasteiger partial charge in [-0.3, -0.25) is 0 Å². The maximum Gasteiger partial charge on any atom is 0.490 e. The molecule has 0 aliphatic heterocycles. The van der Waals surface area contributed by atoms with Crippen LogP contribution in [0.25, 0.3) is 33.8 Å². The number of ether oxygens (including phenoxy) is 1.